The predicted octanol–water partition coefficient (Wildman–Crippen LogP) is 1.44. The third kappa shape index (κ3) is 4.32. The normalized spacial score (nSPS) is 18.3. The maximum Gasteiger partial charge on any atom is 0.262 e. The van der Waals surface area contributed by atoms with E-state index in [1.54, 1.807) is 12.1 Å². The fourth-order valence-electron chi connectivity index (χ4n) is 4.33. The van der Waals surface area contributed by atoms with Crippen molar-refractivity contribution in [1.82, 2.24) is 15.1 Å². The van der Waals surface area contributed by atoms with Gasteiger partial charge < -0.3 is 5.73 Å². The van der Waals surface area contributed by atoms with Crippen LogP contribution < -0.4 is 11.1 Å². The molecule has 4 rings (SSSR count). The Kier molecular flexibility index (Phi) is 6.43. The quantitative estimate of drug-likeness (QED) is 0.608. The third-order valence-corrected chi connectivity index (χ3v) is 5.88. The minimum absolute atomic E-state index is 0.0978. The highest BCUT2D eigenvalue weighted by Gasteiger charge is 2.45. The Balaban J connectivity index is 1.60. The molecule has 4 amide bonds. The number of nitrogens with zero attached hydrogens (tertiary/aromatic N) is 2. The first kappa shape index (κ1) is 21.9. The van der Waals surface area contributed by atoms with Crippen LogP contribution in [0.15, 0.2) is 48.5 Å². The number of hydrogen-bond acceptors (Lipinski definition) is 6. The van der Waals surface area contributed by atoms with E-state index in [-0.39, 0.29) is 18.7 Å². The molecule has 2 aromatic carbocycles. The van der Waals surface area contributed by atoms with Crippen LogP contribution in [-0.4, -0.2) is 52.6 Å². The topological polar surface area (TPSA) is 113 Å². The van der Waals surface area contributed by atoms with Gasteiger partial charge in [0.15, 0.2) is 0 Å². The van der Waals surface area contributed by atoms with Crippen molar-refractivity contribution < 1.29 is 19.2 Å². The first-order valence-corrected chi connectivity index (χ1v) is 10.8. The van der Waals surface area contributed by atoms with Gasteiger partial charge in [-0.2, -0.15) is 0 Å². The van der Waals surface area contributed by atoms with E-state index in [0.29, 0.717) is 30.8 Å². The summed E-state index contributed by atoms with van der Waals surface area (Å²) in [5, 5.41) is 2.23. The van der Waals surface area contributed by atoms with Crippen LogP contribution in [0.1, 0.15) is 51.1 Å². The number of nitrogens with one attached hydrogen (secondary N) is 1. The van der Waals surface area contributed by atoms with Gasteiger partial charge in [0, 0.05) is 26.1 Å². The molecular formula is C24H26N4O4. The molecule has 0 aromatic heterocycles. The zero-order chi connectivity index (χ0) is 22.7. The summed E-state index contributed by atoms with van der Waals surface area (Å²) in [5.41, 5.74) is 8.25. The number of carbonyl (C=O) groups is 4. The van der Waals surface area contributed by atoms with E-state index in [9.17, 15) is 19.2 Å². The van der Waals surface area contributed by atoms with Gasteiger partial charge in [-0.3, -0.25) is 34.3 Å². The lowest BCUT2D eigenvalue weighted by Gasteiger charge is -2.28. The third-order valence-electron chi connectivity index (χ3n) is 5.88. The lowest BCUT2D eigenvalue weighted by Crippen LogP contribution is -2.54. The summed E-state index contributed by atoms with van der Waals surface area (Å²) in [7, 11) is 0. The molecule has 0 aliphatic carbocycles. The SMILES string of the molecule is NCCCN(Cc1ccccc1)Cc1cccc2c1C(=O)N(C1CCC(=O)NC1=O)C2=O. The van der Waals surface area contributed by atoms with E-state index in [4.69, 9.17) is 5.73 Å². The summed E-state index contributed by atoms with van der Waals surface area (Å²) in [5.74, 6) is -1.96. The number of nitrogens with two attached hydrogens (primary N) is 1. The molecule has 1 fully saturated rings. The van der Waals surface area contributed by atoms with E-state index in [1.165, 1.54) is 0 Å². The van der Waals surface area contributed by atoms with Crippen LogP contribution in [-0.2, 0) is 22.7 Å². The van der Waals surface area contributed by atoms with Crippen molar-refractivity contribution in [3.05, 3.63) is 70.8 Å². The largest absolute Gasteiger partial charge is 0.330 e. The minimum Gasteiger partial charge on any atom is -0.330 e. The molecule has 0 radical (unpaired) electrons. The molecule has 166 valence electrons. The Morgan fingerprint density at radius 1 is 0.969 bits per heavy atom. The molecule has 1 saturated heterocycles. The van der Waals surface area contributed by atoms with Gasteiger partial charge >= 0.3 is 0 Å². The Morgan fingerprint density at radius 2 is 1.75 bits per heavy atom. The second-order valence-electron chi connectivity index (χ2n) is 8.13. The Bertz CT molecular complexity index is 1050. The second kappa shape index (κ2) is 9.42. The van der Waals surface area contributed by atoms with Crippen LogP contribution in [0.2, 0.25) is 0 Å². The Hall–Kier alpha value is -3.36. The number of amides is 4. The molecule has 3 N–H and O–H groups in total. The number of hydrogen-bond donors (Lipinski definition) is 2. The molecule has 8 heteroatoms. The lowest BCUT2D eigenvalue weighted by atomic mass is 10.0. The smallest absolute Gasteiger partial charge is 0.262 e. The van der Waals surface area contributed by atoms with Crippen molar-refractivity contribution in [3.63, 3.8) is 0 Å². The maximum atomic E-state index is 13.3. The number of piperidine rings is 1. The molecular weight excluding hydrogens is 408 g/mol. The van der Waals surface area contributed by atoms with Crippen LogP contribution in [0.4, 0.5) is 0 Å². The molecule has 1 atom stereocenters. The summed E-state index contributed by atoms with van der Waals surface area (Å²) < 4.78 is 0. The van der Waals surface area contributed by atoms with Crippen molar-refractivity contribution in [2.75, 3.05) is 13.1 Å². The maximum absolute atomic E-state index is 13.3. The number of fused-ring (bicyclic) bond motifs is 1. The van der Waals surface area contributed by atoms with Gasteiger partial charge in [-0.1, -0.05) is 42.5 Å². The summed E-state index contributed by atoms with van der Waals surface area (Å²) >= 11 is 0. The first-order chi connectivity index (χ1) is 15.5. The molecule has 0 bridgehead atoms. The molecule has 2 aromatic rings. The molecule has 32 heavy (non-hydrogen) atoms. The van der Waals surface area contributed by atoms with Gasteiger partial charge in [-0.05, 0) is 36.6 Å². The number of benzene rings is 2. The Morgan fingerprint density at radius 3 is 2.47 bits per heavy atom. The highest BCUT2D eigenvalue weighted by Crippen LogP contribution is 2.30. The van der Waals surface area contributed by atoms with E-state index in [1.807, 2.05) is 36.4 Å². The average molecular weight is 434 g/mol. The van der Waals surface area contributed by atoms with Gasteiger partial charge in [-0.25, -0.2) is 0 Å². The second-order valence-corrected chi connectivity index (χ2v) is 8.13. The van der Waals surface area contributed by atoms with Crippen LogP contribution in [0.5, 0.6) is 0 Å². The molecule has 8 nitrogen and oxygen atoms in total. The van der Waals surface area contributed by atoms with Gasteiger partial charge in [0.25, 0.3) is 11.8 Å². The summed E-state index contributed by atoms with van der Waals surface area (Å²) in [6.45, 7) is 2.46. The van der Waals surface area contributed by atoms with Crippen molar-refractivity contribution in [1.29, 1.82) is 0 Å². The standard InChI is InChI=1S/C24H26N4O4/c25-12-5-13-27(14-16-6-2-1-3-7-16)15-17-8-4-9-18-21(17)24(32)28(23(18)31)19-10-11-20(29)26-22(19)30/h1-4,6-9,19H,5,10-15,25H2,(H,26,29,30). The molecule has 1 unspecified atom stereocenters. The van der Waals surface area contributed by atoms with Crippen molar-refractivity contribution >= 4 is 23.6 Å². The summed E-state index contributed by atoms with van der Waals surface area (Å²) in [4.78, 5) is 53.4. The van der Waals surface area contributed by atoms with Crippen molar-refractivity contribution in [2.24, 2.45) is 5.73 Å². The van der Waals surface area contributed by atoms with E-state index >= 15 is 0 Å². The number of carbonyl (C=O) groups excluding carboxylic acids is 4. The molecule has 0 saturated carbocycles. The fourth-order valence-corrected chi connectivity index (χ4v) is 4.33. The number of imide groups is 2. The van der Waals surface area contributed by atoms with E-state index < -0.39 is 23.8 Å². The van der Waals surface area contributed by atoms with E-state index in [0.717, 1.165) is 29.0 Å². The summed E-state index contributed by atoms with van der Waals surface area (Å²) in [6, 6.07) is 14.3. The van der Waals surface area contributed by atoms with Gasteiger partial charge in [0.1, 0.15) is 6.04 Å². The molecule has 2 aliphatic rings. The Labute approximate surface area is 186 Å². The molecule has 0 spiro atoms. The van der Waals surface area contributed by atoms with Gasteiger partial charge in [0.2, 0.25) is 11.8 Å². The highest BCUT2D eigenvalue weighted by atomic mass is 16.2. The average Bonchev–Trinajstić information content (AvgIpc) is 3.04. The van der Waals surface area contributed by atoms with Gasteiger partial charge in [0.05, 0.1) is 11.1 Å². The van der Waals surface area contributed by atoms with Gasteiger partial charge in [-0.15, -0.1) is 0 Å². The van der Waals surface area contributed by atoms with Crippen molar-refractivity contribution in [2.45, 2.75) is 38.4 Å². The van der Waals surface area contributed by atoms with E-state index in [2.05, 4.69) is 10.2 Å². The van der Waals surface area contributed by atoms with Crippen LogP contribution in [0.3, 0.4) is 0 Å². The zero-order valence-corrected chi connectivity index (χ0v) is 17.8. The monoisotopic (exact) mass is 434 g/mol. The number of rotatable bonds is 8. The van der Waals surface area contributed by atoms with Crippen LogP contribution in [0, 0.1) is 0 Å². The molecule has 2 heterocycles. The first-order valence-electron chi connectivity index (χ1n) is 10.8. The fraction of sp³-hybridized carbons (Fsp3) is 0.333. The van der Waals surface area contributed by atoms with Crippen LogP contribution >= 0.6 is 0 Å². The minimum atomic E-state index is -0.967. The predicted molar refractivity (Wildman–Crippen MR) is 117 cm³/mol. The highest BCUT2D eigenvalue weighted by molar-refractivity contribution is 6.24. The zero-order valence-electron chi connectivity index (χ0n) is 17.8. The van der Waals surface area contributed by atoms with Crippen LogP contribution in [0.25, 0.3) is 0 Å². The van der Waals surface area contributed by atoms with Crippen molar-refractivity contribution in [3.8, 4) is 0 Å². The summed E-state index contributed by atoms with van der Waals surface area (Å²) in [6.07, 6.45) is 1.04. The molecule has 2 aliphatic heterocycles. The lowest BCUT2D eigenvalue weighted by molar-refractivity contribution is -0.136.